The van der Waals surface area contributed by atoms with Gasteiger partial charge in [-0.3, -0.25) is 4.79 Å². The summed E-state index contributed by atoms with van der Waals surface area (Å²) < 4.78 is 5.64. The van der Waals surface area contributed by atoms with Crippen LogP contribution in [0.3, 0.4) is 0 Å². The van der Waals surface area contributed by atoms with Crippen LogP contribution in [0, 0.1) is 6.92 Å². The van der Waals surface area contributed by atoms with E-state index in [-0.39, 0.29) is 12.0 Å². The lowest BCUT2D eigenvalue weighted by Gasteiger charge is -2.25. The summed E-state index contributed by atoms with van der Waals surface area (Å²) >= 11 is 0. The number of aryl methyl sites for hydroxylation is 1. The molecule has 0 saturated carbocycles. The molecule has 1 N–H and O–H groups in total. The van der Waals surface area contributed by atoms with Gasteiger partial charge in [0.2, 0.25) is 0 Å². The predicted molar refractivity (Wildman–Crippen MR) is 81.3 cm³/mol. The average molecular weight is 276 g/mol. The Morgan fingerprint density at radius 2 is 2.30 bits per heavy atom. The summed E-state index contributed by atoms with van der Waals surface area (Å²) in [5.41, 5.74) is 2.72. The summed E-state index contributed by atoms with van der Waals surface area (Å²) in [4.78, 5) is 14.6. The number of anilines is 1. The number of likely N-dealkylation sites (N-methyl/N-ethyl adjacent to an activating group) is 1. The lowest BCUT2D eigenvalue weighted by Crippen LogP contribution is -2.37. The fourth-order valence-corrected chi connectivity index (χ4v) is 2.61. The first kappa shape index (κ1) is 14.9. The van der Waals surface area contributed by atoms with E-state index < -0.39 is 0 Å². The fraction of sp³-hybridized carbons (Fsp3) is 0.562. The molecule has 1 heterocycles. The van der Waals surface area contributed by atoms with Crippen molar-refractivity contribution in [3.63, 3.8) is 0 Å². The molecule has 1 amide bonds. The van der Waals surface area contributed by atoms with E-state index in [2.05, 4.69) is 5.32 Å². The number of benzene rings is 1. The molecule has 110 valence electrons. The van der Waals surface area contributed by atoms with Gasteiger partial charge in [0, 0.05) is 32.4 Å². The fourth-order valence-electron chi connectivity index (χ4n) is 2.61. The van der Waals surface area contributed by atoms with Crippen LogP contribution in [0.25, 0.3) is 0 Å². The van der Waals surface area contributed by atoms with Crippen LogP contribution in [0.1, 0.15) is 35.7 Å². The molecular formula is C16H24N2O2. The minimum atomic E-state index is 0.0797. The maximum atomic E-state index is 12.7. The first-order chi connectivity index (χ1) is 9.65. The van der Waals surface area contributed by atoms with Crippen LogP contribution >= 0.6 is 0 Å². The Bertz CT molecular complexity index is 468. The first-order valence-electron chi connectivity index (χ1n) is 7.35. The molecule has 4 heteroatoms. The molecule has 0 aliphatic carbocycles. The molecule has 20 heavy (non-hydrogen) atoms. The molecule has 1 aromatic rings. The average Bonchev–Trinajstić information content (AvgIpc) is 2.97. The number of ether oxygens (including phenoxy) is 1. The van der Waals surface area contributed by atoms with E-state index in [4.69, 9.17) is 4.74 Å². The summed E-state index contributed by atoms with van der Waals surface area (Å²) in [7, 11) is 1.85. The van der Waals surface area contributed by atoms with Crippen molar-refractivity contribution in [2.45, 2.75) is 32.8 Å². The molecule has 2 rings (SSSR count). The standard InChI is InChI=1S/C16H24N2O2/c1-4-18(11-13-6-5-9-20-13)16(19)14-10-12(2)7-8-15(14)17-3/h7-8,10,13,17H,4-6,9,11H2,1-3H3. The highest BCUT2D eigenvalue weighted by Gasteiger charge is 2.23. The topological polar surface area (TPSA) is 41.6 Å². The minimum Gasteiger partial charge on any atom is -0.387 e. The Hall–Kier alpha value is -1.55. The van der Waals surface area contributed by atoms with Gasteiger partial charge in [-0.2, -0.15) is 0 Å². The lowest BCUT2D eigenvalue weighted by molar-refractivity contribution is 0.0540. The summed E-state index contributed by atoms with van der Waals surface area (Å²) in [5, 5.41) is 3.10. The van der Waals surface area contributed by atoms with Crippen molar-refractivity contribution in [3.05, 3.63) is 29.3 Å². The Labute approximate surface area is 121 Å². The third-order valence-corrected chi connectivity index (χ3v) is 3.79. The van der Waals surface area contributed by atoms with Crippen LogP contribution < -0.4 is 5.32 Å². The van der Waals surface area contributed by atoms with E-state index in [1.807, 2.05) is 44.0 Å². The van der Waals surface area contributed by atoms with Crippen LogP contribution in [0.15, 0.2) is 18.2 Å². The first-order valence-corrected chi connectivity index (χ1v) is 7.35. The quantitative estimate of drug-likeness (QED) is 0.899. The van der Waals surface area contributed by atoms with E-state index in [0.29, 0.717) is 13.1 Å². The molecule has 0 bridgehead atoms. The number of hydrogen-bond acceptors (Lipinski definition) is 3. The molecule has 0 spiro atoms. The number of nitrogens with zero attached hydrogens (tertiary/aromatic N) is 1. The highest BCUT2D eigenvalue weighted by Crippen LogP contribution is 2.20. The van der Waals surface area contributed by atoms with Crippen molar-refractivity contribution in [2.75, 3.05) is 32.1 Å². The van der Waals surface area contributed by atoms with Gasteiger partial charge in [0.05, 0.1) is 11.7 Å². The predicted octanol–water partition coefficient (Wildman–Crippen LogP) is 2.68. The number of carbonyl (C=O) groups is 1. The van der Waals surface area contributed by atoms with E-state index in [1.54, 1.807) is 0 Å². The van der Waals surface area contributed by atoms with Crippen molar-refractivity contribution >= 4 is 11.6 Å². The molecule has 0 radical (unpaired) electrons. The SMILES string of the molecule is CCN(CC1CCCO1)C(=O)c1cc(C)ccc1NC. The molecule has 0 aromatic heterocycles. The summed E-state index contributed by atoms with van der Waals surface area (Å²) in [6, 6.07) is 5.92. The molecule has 1 unspecified atom stereocenters. The van der Waals surface area contributed by atoms with Crippen LogP contribution in [-0.4, -0.2) is 43.7 Å². The molecule has 1 aliphatic rings. The second kappa shape index (κ2) is 6.75. The van der Waals surface area contributed by atoms with Gasteiger partial charge < -0.3 is 15.0 Å². The van der Waals surface area contributed by atoms with Crippen LogP contribution in [0.5, 0.6) is 0 Å². The van der Waals surface area contributed by atoms with Crippen LogP contribution in [0.4, 0.5) is 5.69 Å². The number of amides is 1. The Balaban J connectivity index is 2.16. The van der Waals surface area contributed by atoms with E-state index in [1.165, 1.54) is 0 Å². The van der Waals surface area contributed by atoms with Crippen LogP contribution in [-0.2, 0) is 4.74 Å². The smallest absolute Gasteiger partial charge is 0.256 e. The van der Waals surface area contributed by atoms with E-state index in [9.17, 15) is 4.79 Å². The van der Waals surface area contributed by atoms with Gasteiger partial charge in [0.1, 0.15) is 0 Å². The second-order valence-electron chi connectivity index (χ2n) is 5.28. The molecular weight excluding hydrogens is 252 g/mol. The zero-order valence-electron chi connectivity index (χ0n) is 12.6. The Morgan fingerprint density at radius 1 is 1.50 bits per heavy atom. The summed E-state index contributed by atoms with van der Waals surface area (Å²) in [6.45, 7) is 6.24. The molecule has 1 fully saturated rings. The summed E-state index contributed by atoms with van der Waals surface area (Å²) in [6.07, 6.45) is 2.35. The number of hydrogen-bond donors (Lipinski definition) is 1. The van der Waals surface area contributed by atoms with E-state index >= 15 is 0 Å². The third kappa shape index (κ3) is 3.31. The van der Waals surface area contributed by atoms with E-state index in [0.717, 1.165) is 36.3 Å². The number of nitrogens with one attached hydrogen (secondary N) is 1. The normalized spacial score (nSPS) is 18.1. The van der Waals surface area contributed by atoms with Crippen molar-refractivity contribution in [2.24, 2.45) is 0 Å². The molecule has 1 saturated heterocycles. The van der Waals surface area contributed by atoms with Gasteiger partial charge in [-0.15, -0.1) is 0 Å². The van der Waals surface area contributed by atoms with Gasteiger partial charge in [-0.1, -0.05) is 11.6 Å². The maximum absolute atomic E-state index is 12.7. The van der Waals surface area contributed by atoms with Crippen molar-refractivity contribution in [1.29, 1.82) is 0 Å². The van der Waals surface area contributed by atoms with Gasteiger partial charge in [0.25, 0.3) is 5.91 Å². The molecule has 1 aromatic carbocycles. The third-order valence-electron chi connectivity index (χ3n) is 3.79. The maximum Gasteiger partial charge on any atom is 0.256 e. The Kier molecular flexibility index (Phi) is 5.01. The van der Waals surface area contributed by atoms with Crippen molar-refractivity contribution in [1.82, 2.24) is 4.90 Å². The van der Waals surface area contributed by atoms with Gasteiger partial charge in [-0.25, -0.2) is 0 Å². The van der Waals surface area contributed by atoms with Gasteiger partial charge in [-0.05, 0) is 38.8 Å². The van der Waals surface area contributed by atoms with Crippen LogP contribution in [0.2, 0.25) is 0 Å². The molecule has 4 nitrogen and oxygen atoms in total. The number of carbonyl (C=O) groups excluding carboxylic acids is 1. The Morgan fingerprint density at radius 3 is 2.90 bits per heavy atom. The molecule has 1 atom stereocenters. The second-order valence-corrected chi connectivity index (χ2v) is 5.28. The monoisotopic (exact) mass is 276 g/mol. The lowest BCUT2D eigenvalue weighted by atomic mass is 10.1. The van der Waals surface area contributed by atoms with Crippen molar-refractivity contribution < 1.29 is 9.53 Å². The number of rotatable bonds is 5. The highest BCUT2D eigenvalue weighted by atomic mass is 16.5. The van der Waals surface area contributed by atoms with Gasteiger partial charge >= 0.3 is 0 Å². The molecule has 1 aliphatic heterocycles. The zero-order valence-corrected chi connectivity index (χ0v) is 12.6. The zero-order chi connectivity index (χ0) is 14.5. The van der Waals surface area contributed by atoms with Gasteiger partial charge in [0.15, 0.2) is 0 Å². The largest absolute Gasteiger partial charge is 0.387 e. The summed E-state index contributed by atoms with van der Waals surface area (Å²) in [5.74, 6) is 0.0797. The highest BCUT2D eigenvalue weighted by molar-refractivity contribution is 5.99. The van der Waals surface area contributed by atoms with Crippen molar-refractivity contribution in [3.8, 4) is 0 Å². The minimum absolute atomic E-state index is 0.0797.